The van der Waals surface area contributed by atoms with Crippen LogP contribution in [-0.2, 0) is 11.8 Å². The highest BCUT2D eigenvalue weighted by Crippen LogP contribution is 2.27. The van der Waals surface area contributed by atoms with Crippen LogP contribution >= 0.6 is 11.3 Å². The number of nitrogens with one attached hydrogen (secondary N) is 1. The number of carbonyl (C=O) groups excluding carboxylic acids is 1. The van der Waals surface area contributed by atoms with Gasteiger partial charge in [0.05, 0.1) is 17.0 Å². The first kappa shape index (κ1) is 14.5. The molecule has 0 aliphatic heterocycles. The fraction of sp³-hybridized carbons (Fsp3) is 0.462. The molecule has 6 nitrogen and oxygen atoms in total. The van der Waals surface area contributed by atoms with Crippen molar-refractivity contribution in [2.75, 3.05) is 0 Å². The second-order valence-corrected chi connectivity index (χ2v) is 5.75. The van der Waals surface area contributed by atoms with Crippen molar-refractivity contribution in [1.82, 2.24) is 15.1 Å². The number of amides is 1. The molecule has 7 heteroatoms. The van der Waals surface area contributed by atoms with Gasteiger partial charge >= 0.3 is 5.97 Å². The van der Waals surface area contributed by atoms with Crippen LogP contribution in [0.15, 0.2) is 6.07 Å². The van der Waals surface area contributed by atoms with Crippen molar-refractivity contribution >= 4 is 33.4 Å². The van der Waals surface area contributed by atoms with E-state index in [9.17, 15) is 9.59 Å². The molecule has 2 N–H and O–H groups in total. The second kappa shape index (κ2) is 5.62. The molecule has 0 radical (unpaired) electrons. The smallest absolute Gasteiger partial charge is 0.305 e. The summed E-state index contributed by atoms with van der Waals surface area (Å²) in [5.41, 5.74) is 0.885. The van der Waals surface area contributed by atoms with Crippen molar-refractivity contribution in [1.29, 1.82) is 0 Å². The molecule has 0 saturated heterocycles. The van der Waals surface area contributed by atoms with Crippen LogP contribution in [0.2, 0.25) is 0 Å². The Morgan fingerprint density at radius 2 is 2.25 bits per heavy atom. The Morgan fingerprint density at radius 3 is 2.80 bits per heavy atom. The Labute approximate surface area is 120 Å². The topological polar surface area (TPSA) is 84.2 Å². The summed E-state index contributed by atoms with van der Waals surface area (Å²) < 4.78 is 1.75. The van der Waals surface area contributed by atoms with Crippen LogP contribution in [-0.4, -0.2) is 32.8 Å². The van der Waals surface area contributed by atoms with Crippen LogP contribution in [0.5, 0.6) is 0 Å². The maximum atomic E-state index is 12.2. The van der Waals surface area contributed by atoms with Crippen LogP contribution in [0.25, 0.3) is 10.2 Å². The summed E-state index contributed by atoms with van der Waals surface area (Å²) in [6.07, 6.45) is 0.525. The highest BCUT2D eigenvalue weighted by molar-refractivity contribution is 7.20. The summed E-state index contributed by atoms with van der Waals surface area (Å²) in [6.45, 7) is 3.75. The van der Waals surface area contributed by atoms with Gasteiger partial charge in [0, 0.05) is 18.5 Å². The predicted octanol–water partition coefficient (Wildman–Crippen LogP) is 1.93. The quantitative estimate of drug-likeness (QED) is 0.882. The standard InChI is InChI=1S/C13H17N3O3S/c1-4-8(5-11(17)18)14-12(19)10-6-9-7(2)15-16(3)13(9)20-10/h6,8H,4-5H2,1-3H3,(H,14,19)(H,17,18). The molecule has 0 aliphatic rings. The number of carboxylic acid groups (broad SMARTS) is 1. The molecule has 2 heterocycles. The van der Waals surface area contributed by atoms with Crippen LogP contribution in [0.4, 0.5) is 0 Å². The summed E-state index contributed by atoms with van der Waals surface area (Å²) in [4.78, 5) is 24.4. The van der Waals surface area contributed by atoms with E-state index in [1.807, 2.05) is 27.0 Å². The molecule has 0 spiro atoms. The summed E-state index contributed by atoms with van der Waals surface area (Å²) in [7, 11) is 1.84. The predicted molar refractivity (Wildman–Crippen MR) is 77.1 cm³/mol. The minimum atomic E-state index is -0.909. The molecule has 2 rings (SSSR count). The zero-order valence-corrected chi connectivity index (χ0v) is 12.5. The Balaban J connectivity index is 2.18. The Kier molecular flexibility index (Phi) is 4.08. The van der Waals surface area contributed by atoms with Gasteiger partial charge in [-0.15, -0.1) is 11.3 Å². The first-order chi connectivity index (χ1) is 9.42. The number of carbonyl (C=O) groups is 2. The number of aryl methyl sites for hydroxylation is 2. The van der Waals surface area contributed by atoms with Crippen molar-refractivity contribution in [3.63, 3.8) is 0 Å². The lowest BCUT2D eigenvalue weighted by molar-refractivity contribution is -0.137. The molecule has 2 aromatic rings. The first-order valence-corrected chi connectivity index (χ1v) is 7.19. The van der Waals surface area contributed by atoms with E-state index in [-0.39, 0.29) is 18.4 Å². The number of thiophene rings is 1. The van der Waals surface area contributed by atoms with Gasteiger partial charge in [0.2, 0.25) is 0 Å². The van der Waals surface area contributed by atoms with E-state index in [0.717, 1.165) is 15.9 Å². The highest BCUT2D eigenvalue weighted by atomic mass is 32.1. The summed E-state index contributed by atoms with van der Waals surface area (Å²) in [5, 5.41) is 16.8. The van der Waals surface area contributed by atoms with E-state index >= 15 is 0 Å². The lowest BCUT2D eigenvalue weighted by Gasteiger charge is -2.13. The molecule has 1 amide bonds. The number of aromatic nitrogens is 2. The second-order valence-electron chi connectivity index (χ2n) is 4.71. The molecule has 0 fully saturated rings. The third kappa shape index (κ3) is 2.82. The maximum Gasteiger partial charge on any atom is 0.305 e. The number of carboxylic acids is 1. The summed E-state index contributed by atoms with van der Waals surface area (Å²) in [6, 6.07) is 1.47. The third-order valence-electron chi connectivity index (χ3n) is 3.17. The maximum absolute atomic E-state index is 12.2. The van der Waals surface area contributed by atoms with Crippen LogP contribution in [0.1, 0.15) is 35.1 Å². The fourth-order valence-electron chi connectivity index (χ4n) is 2.08. The van der Waals surface area contributed by atoms with Gasteiger partial charge in [-0.1, -0.05) is 6.92 Å². The van der Waals surface area contributed by atoms with Gasteiger partial charge < -0.3 is 10.4 Å². The van der Waals surface area contributed by atoms with Crippen molar-refractivity contribution in [2.24, 2.45) is 7.05 Å². The average Bonchev–Trinajstić information content (AvgIpc) is 2.91. The van der Waals surface area contributed by atoms with Gasteiger partial charge in [-0.3, -0.25) is 14.3 Å². The van der Waals surface area contributed by atoms with Crippen molar-refractivity contribution in [3.05, 3.63) is 16.6 Å². The largest absolute Gasteiger partial charge is 0.481 e. The van der Waals surface area contributed by atoms with Crippen LogP contribution in [0, 0.1) is 6.92 Å². The zero-order valence-electron chi connectivity index (χ0n) is 11.6. The minimum Gasteiger partial charge on any atom is -0.481 e. The fourth-order valence-corrected chi connectivity index (χ4v) is 3.11. The van der Waals surface area contributed by atoms with Gasteiger partial charge in [0.15, 0.2) is 0 Å². The number of rotatable bonds is 5. The molecular formula is C13H17N3O3S. The number of fused-ring (bicyclic) bond motifs is 1. The summed E-state index contributed by atoms with van der Waals surface area (Å²) >= 11 is 1.37. The molecular weight excluding hydrogens is 278 g/mol. The van der Waals surface area contributed by atoms with E-state index in [2.05, 4.69) is 10.4 Å². The van der Waals surface area contributed by atoms with Gasteiger partial charge in [-0.2, -0.15) is 5.10 Å². The van der Waals surface area contributed by atoms with Gasteiger partial charge in [0.25, 0.3) is 5.91 Å². The van der Waals surface area contributed by atoms with E-state index in [4.69, 9.17) is 5.11 Å². The number of nitrogens with zero attached hydrogens (tertiary/aromatic N) is 2. The molecule has 0 bridgehead atoms. The molecule has 0 aromatic carbocycles. The highest BCUT2D eigenvalue weighted by Gasteiger charge is 2.18. The Morgan fingerprint density at radius 1 is 1.55 bits per heavy atom. The molecule has 20 heavy (non-hydrogen) atoms. The van der Waals surface area contributed by atoms with Crippen LogP contribution in [0.3, 0.4) is 0 Å². The van der Waals surface area contributed by atoms with Gasteiger partial charge in [-0.25, -0.2) is 0 Å². The number of hydrogen-bond donors (Lipinski definition) is 2. The van der Waals surface area contributed by atoms with Crippen LogP contribution < -0.4 is 5.32 Å². The monoisotopic (exact) mass is 295 g/mol. The van der Waals surface area contributed by atoms with E-state index in [1.165, 1.54) is 11.3 Å². The first-order valence-electron chi connectivity index (χ1n) is 6.38. The van der Waals surface area contributed by atoms with Crippen molar-refractivity contribution in [3.8, 4) is 0 Å². The average molecular weight is 295 g/mol. The lowest BCUT2D eigenvalue weighted by atomic mass is 10.1. The van der Waals surface area contributed by atoms with Gasteiger partial charge in [-0.05, 0) is 19.4 Å². The molecule has 0 saturated carbocycles. The van der Waals surface area contributed by atoms with Gasteiger partial charge in [0.1, 0.15) is 4.83 Å². The minimum absolute atomic E-state index is 0.0618. The van der Waals surface area contributed by atoms with E-state index in [0.29, 0.717) is 11.3 Å². The SMILES string of the molecule is CCC(CC(=O)O)NC(=O)c1cc2c(C)nn(C)c2s1. The lowest BCUT2D eigenvalue weighted by Crippen LogP contribution is -2.35. The molecule has 2 aromatic heterocycles. The number of aliphatic carboxylic acids is 1. The molecule has 0 aliphatic carbocycles. The molecule has 1 atom stereocenters. The Hall–Kier alpha value is -1.89. The number of hydrogen-bond acceptors (Lipinski definition) is 4. The zero-order chi connectivity index (χ0) is 14.9. The molecule has 1 unspecified atom stereocenters. The van der Waals surface area contributed by atoms with E-state index in [1.54, 1.807) is 4.68 Å². The van der Waals surface area contributed by atoms with Crippen molar-refractivity contribution < 1.29 is 14.7 Å². The Bertz CT molecular complexity index is 625. The van der Waals surface area contributed by atoms with E-state index < -0.39 is 5.97 Å². The molecule has 108 valence electrons. The van der Waals surface area contributed by atoms with Crippen molar-refractivity contribution in [2.45, 2.75) is 32.7 Å². The normalized spacial score (nSPS) is 12.6. The third-order valence-corrected chi connectivity index (χ3v) is 4.37. The summed E-state index contributed by atoms with van der Waals surface area (Å²) in [5.74, 6) is -1.13.